The maximum atomic E-state index is 10.2. The highest BCUT2D eigenvalue weighted by molar-refractivity contribution is 5.21. The zero-order valence-corrected chi connectivity index (χ0v) is 15.4. The van der Waals surface area contributed by atoms with E-state index in [1.807, 2.05) is 0 Å². The third-order valence-corrected chi connectivity index (χ3v) is 5.05. The highest BCUT2D eigenvalue weighted by Gasteiger charge is 2.58. The molecule has 0 unspecified atom stereocenters. The highest BCUT2D eigenvalue weighted by atomic mass is 16.8. The lowest BCUT2D eigenvalue weighted by Crippen LogP contribution is -2.63. The van der Waals surface area contributed by atoms with Gasteiger partial charge in [0, 0.05) is 0 Å². The molecule has 0 amide bonds. The summed E-state index contributed by atoms with van der Waals surface area (Å²) in [7, 11) is 0. The third kappa shape index (κ3) is 4.39. The maximum absolute atomic E-state index is 10.2. The first-order valence-electron chi connectivity index (χ1n) is 9.14. The van der Waals surface area contributed by atoms with Crippen molar-refractivity contribution in [2.45, 2.75) is 54.8 Å². The van der Waals surface area contributed by atoms with Gasteiger partial charge in [-0.2, -0.15) is 0 Å². The lowest BCUT2D eigenvalue weighted by Gasteiger charge is -2.43. The van der Waals surface area contributed by atoms with Gasteiger partial charge in [0.05, 0.1) is 6.61 Å². The van der Waals surface area contributed by atoms with Crippen LogP contribution in [0.2, 0.25) is 0 Å². The fraction of sp³-hybridized carbons (Fsp3) is 0.667. The van der Waals surface area contributed by atoms with E-state index >= 15 is 0 Å². The van der Waals surface area contributed by atoms with Crippen LogP contribution >= 0.6 is 0 Å². The maximum Gasteiger partial charge on any atom is 0.224 e. The van der Waals surface area contributed by atoms with Gasteiger partial charge in [-0.05, 0) is 12.1 Å². The number of rotatable bonds is 7. The van der Waals surface area contributed by atoms with Crippen molar-refractivity contribution >= 4 is 0 Å². The van der Waals surface area contributed by atoms with Crippen LogP contribution in [0.25, 0.3) is 0 Å². The average Bonchev–Trinajstić information content (AvgIpc) is 2.99. The zero-order valence-electron chi connectivity index (χ0n) is 15.4. The second kappa shape index (κ2) is 9.18. The van der Waals surface area contributed by atoms with Crippen LogP contribution in [0, 0.1) is 0 Å². The Morgan fingerprint density at radius 3 is 2.14 bits per heavy atom. The van der Waals surface area contributed by atoms with Crippen molar-refractivity contribution in [2.24, 2.45) is 0 Å². The van der Waals surface area contributed by atoms with Gasteiger partial charge in [-0.3, -0.25) is 0 Å². The molecule has 0 aliphatic carbocycles. The van der Waals surface area contributed by atoms with Crippen LogP contribution in [0.4, 0.5) is 0 Å². The molecule has 11 heteroatoms. The van der Waals surface area contributed by atoms with E-state index in [2.05, 4.69) is 0 Å². The van der Waals surface area contributed by atoms with Gasteiger partial charge >= 0.3 is 0 Å². The van der Waals surface area contributed by atoms with Crippen LogP contribution in [0.5, 0.6) is 5.75 Å². The van der Waals surface area contributed by atoms with Crippen LogP contribution in [-0.4, -0.2) is 110 Å². The van der Waals surface area contributed by atoms with Crippen LogP contribution in [0.1, 0.15) is 0 Å². The van der Waals surface area contributed by atoms with E-state index in [-0.39, 0.29) is 6.61 Å². The van der Waals surface area contributed by atoms with Crippen molar-refractivity contribution in [3.8, 4) is 5.75 Å². The second-order valence-electron chi connectivity index (χ2n) is 7.00. The molecule has 2 saturated heterocycles. The molecule has 1 aromatic rings. The highest BCUT2D eigenvalue weighted by Crippen LogP contribution is 2.36. The van der Waals surface area contributed by atoms with E-state index in [9.17, 15) is 35.7 Å². The lowest BCUT2D eigenvalue weighted by atomic mass is 9.99. The minimum atomic E-state index is -2.22. The van der Waals surface area contributed by atoms with E-state index in [1.54, 1.807) is 30.3 Å². The number of aliphatic hydroxyl groups excluding tert-OH is 7. The van der Waals surface area contributed by atoms with Crippen molar-refractivity contribution < 1.29 is 54.7 Å². The molecule has 0 spiro atoms. The number of ether oxygens (including phenoxy) is 4. The van der Waals surface area contributed by atoms with Crippen LogP contribution in [0.3, 0.4) is 0 Å². The van der Waals surface area contributed by atoms with Crippen molar-refractivity contribution in [2.75, 3.05) is 19.8 Å². The molecule has 0 bridgehead atoms. The Kier molecular flexibility index (Phi) is 7.06. The van der Waals surface area contributed by atoms with Gasteiger partial charge in [-0.1, -0.05) is 18.2 Å². The molecule has 0 aromatic heterocycles. The molecule has 164 valence electrons. The normalized spacial score (nSPS) is 42.7. The molecule has 2 aliphatic rings. The van der Waals surface area contributed by atoms with Crippen LogP contribution in [-0.2, 0) is 14.2 Å². The quantitative estimate of drug-likeness (QED) is 0.236. The topological polar surface area (TPSA) is 179 Å². The summed E-state index contributed by atoms with van der Waals surface area (Å²) >= 11 is 0. The van der Waals surface area contributed by atoms with Gasteiger partial charge in [0.2, 0.25) is 5.79 Å². The Morgan fingerprint density at radius 1 is 0.862 bits per heavy atom. The fourth-order valence-electron chi connectivity index (χ4n) is 3.31. The summed E-state index contributed by atoms with van der Waals surface area (Å²) in [6, 6.07) is 8.62. The molecule has 2 heterocycles. The van der Waals surface area contributed by atoms with E-state index in [0.717, 1.165) is 0 Å². The van der Waals surface area contributed by atoms with Crippen LogP contribution in [0.15, 0.2) is 30.3 Å². The van der Waals surface area contributed by atoms with Gasteiger partial charge in [0.25, 0.3) is 0 Å². The SMILES string of the molecule is OC[C@H]1O[C@@](CO)(O[C@H]2O[C@H](COc3ccccc3)[C@@H](O)[C@H](O)[C@H]2O)[C@@H](O)[C@@H]1O. The summed E-state index contributed by atoms with van der Waals surface area (Å²) in [5, 5.41) is 69.7. The summed E-state index contributed by atoms with van der Waals surface area (Å²) in [6.45, 7) is -1.81. The van der Waals surface area contributed by atoms with Gasteiger partial charge in [-0.15, -0.1) is 0 Å². The summed E-state index contributed by atoms with van der Waals surface area (Å²) in [5.41, 5.74) is 0. The Balaban J connectivity index is 1.72. The largest absolute Gasteiger partial charge is 0.491 e. The van der Waals surface area contributed by atoms with E-state index in [1.165, 1.54) is 0 Å². The smallest absolute Gasteiger partial charge is 0.224 e. The Hall–Kier alpha value is -1.38. The zero-order chi connectivity index (χ0) is 21.2. The number of aliphatic hydroxyl groups is 7. The number of hydrogen-bond acceptors (Lipinski definition) is 11. The fourth-order valence-corrected chi connectivity index (χ4v) is 3.31. The molecule has 2 aliphatic heterocycles. The Bertz CT molecular complexity index is 646. The number of para-hydroxylation sites is 1. The second-order valence-corrected chi connectivity index (χ2v) is 7.00. The lowest BCUT2D eigenvalue weighted by molar-refractivity contribution is -0.383. The molecule has 0 radical (unpaired) electrons. The first-order chi connectivity index (χ1) is 13.8. The summed E-state index contributed by atoms with van der Waals surface area (Å²) in [4.78, 5) is 0. The van der Waals surface area contributed by atoms with Crippen molar-refractivity contribution in [3.05, 3.63) is 30.3 Å². The third-order valence-electron chi connectivity index (χ3n) is 5.05. The Labute approximate surface area is 166 Å². The summed E-state index contributed by atoms with van der Waals surface area (Å²) in [6.07, 6.45) is -12.3. The molecule has 1 aromatic carbocycles. The first-order valence-corrected chi connectivity index (χ1v) is 9.14. The molecule has 2 fully saturated rings. The van der Waals surface area contributed by atoms with E-state index < -0.39 is 68.0 Å². The van der Waals surface area contributed by atoms with Gasteiger partial charge < -0.3 is 54.7 Å². The first kappa shape index (κ1) is 22.3. The van der Waals surface area contributed by atoms with Gasteiger partial charge in [-0.25, -0.2) is 0 Å². The molecule has 3 rings (SSSR count). The number of benzene rings is 1. The predicted molar refractivity (Wildman–Crippen MR) is 93.5 cm³/mol. The predicted octanol–water partition coefficient (Wildman–Crippen LogP) is -3.31. The molecule has 29 heavy (non-hydrogen) atoms. The van der Waals surface area contributed by atoms with E-state index in [0.29, 0.717) is 5.75 Å². The van der Waals surface area contributed by atoms with Crippen molar-refractivity contribution in [1.29, 1.82) is 0 Å². The molecule has 11 nitrogen and oxygen atoms in total. The molecule has 9 atom stereocenters. The van der Waals surface area contributed by atoms with Crippen LogP contribution < -0.4 is 4.74 Å². The summed E-state index contributed by atoms with van der Waals surface area (Å²) in [5.74, 6) is -1.73. The molecular weight excluding hydrogens is 392 g/mol. The summed E-state index contributed by atoms with van der Waals surface area (Å²) < 4.78 is 21.7. The standard InChI is InChI=1S/C18H26O11/c19-6-10-13(22)16(25)18(8-20,28-10)29-17-15(24)14(23)12(21)11(27-17)7-26-9-4-2-1-3-5-9/h1-5,10-17,19-25H,6-8H2/t10-,11-,12-,13-,14+,15-,16+,17-,18+/m1/s1. The average molecular weight is 418 g/mol. The molecule has 0 saturated carbocycles. The molecular formula is C18H26O11. The monoisotopic (exact) mass is 418 g/mol. The van der Waals surface area contributed by atoms with Gasteiger partial charge in [0.15, 0.2) is 6.29 Å². The van der Waals surface area contributed by atoms with E-state index in [4.69, 9.17) is 18.9 Å². The number of hydrogen-bond donors (Lipinski definition) is 7. The Morgan fingerprint density at radius 2 is 1.55 bits per heavy atom. The van der Waals surface area contributed by atoms with Gasteiger partial charge in [0.1, 0.15) is 61.7 Å². The minimum Gasteiger partial charge on any atom is -0.491 e. The molecule has 7 N–H and O–H groups in total. The van der Waals surface area contributed by atoms with Crippen molar-refractivity contribution in [3.63, 3.8) is 0 Å². The van der Waals surface area contributed by atoms with Crippen molar-refractivity contribution in [1.82, 2.24) is 0 Å². The minimum absolute atomic E-state index is 0.202.